The lowest BCUT2D eigenvalue weighted by molar-refractivity contribution is -0.134. The second-order valence-electron chi connectivity index (χ2n) is 9.55. The van der Waals surface area contributed by atoms with Crippen molar-refractivity contribution in [1.29, 1.82) is 0 Å². The van der Waals surface area contributed by atoms with Crippen LogP contribution in [0.4, 0.5) is 9.18 Å². The van der Waals surface area contributed by atoms with Crippen LogP contribution in [0.2, 0.25) is 0 Å². The fourth-order valence-corrected chi connectivity index (χ4v) is 5.65. The molecular formula is C26H28FN3O4. The van der Waals surface area contributed by atoms with Gasteiger partial charge in [-0.25, -0.2) is 9.18 Å². The number of ether oxygens (including phenoxy) is 1. The molecule has 0 spiro atoms. The van der Waals surface area contributed by atoms with E-state index in [2.05, 4.69) is 17.4 Å². The van der Waals surface area contributed by atoms with Gasteiger partial charge in [-0.05, 0) is 67.9 Å². The number of halogens is 1. The monoisotopic (exact) mass is 465 g/mol. The molecule has 4 amide bonds. The normalized spacial score (nSPS) is 23.3. The minimum Gasteiger partial charge on any atom is -0.494 e. The maximum Gasteiger partial charge on any atom is 0.325 e. The summed E-state index contributed by atoms with van der Waals surface area (Å²) in [7, 11) is 1.38. The predicted molar refractivity (Wildman–Crippen MR) is 123 cm³/mol. The molecule has 2 aromatic carbocycles. The number of nitrogens with zero attached hydrogens (tertiary/aromatic N) is 2. The van der Waals surface area contributed by atoms with E-state index in [1.807, 2.05) is 12.1 Å². The highest BCUT2D eigenvalue weighted by Gasteiger charge is 2.55. The Hall–Kier alpha value is -3.42. The molecular weight excluding hydrogens is 437 g/mol. The number of piperidine rings is 1. The summed E-state index contributed by atoms with van der Waals surface area (Å²) in [6.07, 6.45) is 2.50. The van der Waals surface area contributed by atoms with E-state index in [1.165, 1.54) is 35.3 Å². The van der Waals surface area contributed by atoms with Crippen LogP contribution in [-0.2, 0) is 17.6 Å². The van der Waals surface area contributed by atoms with E-state index in [0.29, 0.717) is 38.8 Å². The minimum absolute atomic E-state index is 0.0885. The third-order valence-electron chi connectivity index (χ3n) is 7.64. The highest BCUT2D eigenvalue weighted by molar-refractivity contribution is 6.07. The molecule has 2 aromatic rings. The second-order valence-corrected chi connectivity index (χ2v) is 9.55. The first-order valence-electron chi connectivity index (χ1n) is 11.7. The molecule has 1 aliphatic carbocycles. The molecule has 2 fully saturated rings. The number of carbonyl (C=O) groups excluding carboxylic acids is 3. The number of urea groups is 1. The van der Waals surface area contributed by atoms with Gasteiger partial charge in [0.05, 0.1) is 7.11 Å². The van der Waals surface area contributed by atoms with Crippen LogP contribution in [0.5, 0.6) is 5.75 Å². The molecule has 1 N–H and O–H groups in total. The molecule has 178 valence electrons. The van der Waals surface area contributed by atoms with Crippen molar-refractivity contribution in [1.82, 2.24) is 15.1 Å². The van der Waals surface area contributed by atoms with Crippen molar-refractivity contribution in [3.8, 4) is 5.75 Å². The van der Waals surface area contributed by atoms with Crippen LogP contribution in [0.25, 0.3) is 0 Å². The lowest BCUT2D eigenvalue weighted by Crippen LogP contribution is -2.55. The lowest BCUT2D eigenvalue weighted by atomic mass is 9.78. The summed E-state index contributed by atoms with van der Waals surface area (Å²) in [6.45, 7) is 2.67. The number of methoxy groups -OCH3 is 1. The van der Waals surface area contributed by atoms with E-state index in [1.54, 1.807) is 17.9 Å². The fraction of sp³-hybridized carbons (Fsp3) is 0.423. The third kappa shape index (κ3) is 3.61. The lowest BCUT2D eigenvalue weighted by Gasteiger charge is -2.39. The first kappa shape index (κ1) is 22.4. The van der Waals surface area contributed by atoms with Gasteiger partial charge in [0.25, 0.3) is 11.8 Å². The SMILES string of the molecule is COc1ccc(C(=O)N2CCC([C@@]3(C)NC(=O)N(C4Cc5ccccc5C4)C3=O)CC2)cc1F. The molecule has 0 unspecified atom stereocenters. The van der Waals surface area contributed by atoms with Crippen molar-refractivity contribution < 1.29 is 23.5 Å². The summed E-state index contributed by atoms with van der Waals surface area (Å²) in [5.41, 5.74) is 1.64. The Labute approximate surface area is 197 Å². The maximum atomic E-state index is 14.0. The molecule has 5 rings (SSSR count). The van der Waals surface area contributed by atoms with Crippen LogP contribution in [0.1, 0.15) is 41.3 Å². The zero-order valence-electron chi connectivity index (χ0n) is 19.3. The number of hydrogen-bond acceptors (Lipinski definition) is 4. The van der Waals surface area contributed by atoms with Crippen molar-refractivity contribution in [3.63, 3.8) is 0 Å². The summed E-state index contributed by atoms with van der Waals surface area (Å²) in [6, 6.07) is 11.7. The highest BCUT2D eigenvalue weighted by atomic mass is 19.1. The van der Waals surface area contributed by atoms with E-state index in [0.717, 1.165) is 0 Å². The van der Waals surface area contributed by atoms with Crippen LogP contribution < -0.4 is 10.1 Å². The number of fused-ring (bicyclic) bond motifs is 1. The Morgan fingerprint density at radius 2 is 1.74 bits per heavy atom. The molecule has 0 radical (unpaired) electrons. The average molecular weight is 466 g/mol. The van der Waals surface area contributed by atoms with Crippen LogP contribution in [0.15, 0.2) is 42.5 Å². The van der Waals surface area contributed by atoms with E-state index in [9.17, 15) is 18.8 Å². The second kappa shape index (κ2) is 8.42. The van der Waals surface area contributed by atoms with Gasteiger partial charge in [0, 0.05) is 24.7 Å². The van der Waals surface area contributed by atoms with Crippen molar-refractivity contribution >= 4 is 17.8 Å². The van der Waals surface area contributed by atoms with Gasteiger partial charge in [-0.3, -0.25) is 14.5 Å². The average Bonchev–Trinajstić information content (AvgIpc) is 3.36. The van der Waals surface area contributed by atoms with Crippen LogP contribution in [0.3, 0.4) is 0 Å². The summed E-state index contributed by atoms with van der Waals surface area (Å²) in [5, 5.41) is 2.97. The first-order valence-corrected chi connectivity index (χ1v) is 11.7. The Balaban J connectivity index is 1.25. The smallest absolute Gasteiger partial charge is 0.325 e. The molecule has 7 nitrogen and oxygen atoms in total. The molecule has 0 bridgehead atoms. The maximum absolute atomic E-state index is 14.0. The minimum atomic E-state index is -0.993. The number of imide groups is 1. The molecule has 0 aromatic heterocycles. The third-order valence-corrected chi connectivity index (χ3v) is 7.64. The van der Waals surface area contributed by atoms with Crippen LogP contribution >= 0.6 is 0 Å². The van der Waals surface area contributed by atoms with Crippen LogP contribution in [-0.4, -0.2) is 59.4 Å². The number of carbonyl (C=O) groups is 3. The van der Waals surface area contributed by atoms with Gasteiger partial charge in [-0.1, -0.05) is 24.3 Å². The highest BCUT2D eigenvalue weighted by Crippen LogP contribution is 2.37. The summed E-state index contributed by atoms with van der Waals surface area (Å²) < 4.78 is 19.0. The van der Waals surface area contributed by atoms with Gasteiger partial charge in [-0.15, -0.1) is 0 Å². The molecule has 3 aliphatic rings. The van der Waals surface area contributed by atoms with Gasteiger partial charge < -0.3 is 15.0 Å². The summed E-state index contributed by atoms with van der Waals surface area (Å²) >= 11 is 0. The largest absolute Gasteiger partial charge is 0.494 e. The molecule has 34 heavy (non-hydrogen) atoms. The number of benzene rings is 2. The Morgan fingerprint density at radius 3 is 2.32 bits per heavy atom. The van der Waals surface area contributed by atoms with Crippen molar-refractivity contribution in [2.75, 3.05) is 20.2 Å². The number of likely N-dealkylation sites (tertiary alicyclic amines) is 1. The van der Waals surface area contributed by atoms with Crippen LogP contribution in [0, 0.1) is 11.7 Å². The van der Waals surface area contributed by atoms with Crippen molar-refractivity contribution in [2.24, 2.45) is 5.92 Å². The van der Waals surface area contributed by atoms with E-state index >= 15 is 0 Å². The van der Waals surface area contributed by atoms with E-state index in [-0.39, 0.29) is 41.1 Å². The number of amides is 4. The van der Waals surface area contributed by atoms with Gasteiger partial charge in [0.2, 0.25) is 0 Å². The van der Waals surface area contributed by atoms with Gasteiger partial charge in [0.1, 0.15) is 5.54 Å². The van der Waals surface area contributed by atoms with Gasteiger partial charge in [-0.2, -0.15) is 0 Å². The number of nitrogens with one attached hydrogen (secondary N) is 1. The standard InChI is InChI=1S/C26H28FN3O4/c1-26(24(32)30(25(33)28-26)20-13-16-5-3-4-6-17(16)14-20)19-9-11-29(12-10-19)23(31)18-7-8-22(34-2)21(27)15-18/h3-8,15,19-20H,9-14H2,1-2H3,(H,28,33)/t26-/m1/s1. The quantitative estimate of drug-likeness (QED) is 0.704. The number of rotatable bonds is 4. The van der Waals surface area contributed by atoms with Gasteiger partial charge >= 0.3 is 6.03 Å². The fourth-order valence-electron chi connectivity index (χ4n) is 5.65. The molecule has 0 saturated carbocycles. The molecule has 2 aliphatic heterocycles. The first-order chi connectivity index (χ1) is 16.3. The van der Waals surface area contributed by atoms with Gasteiger partial charge in [0.15, 0.2) is 11.6 Å². The Bertz CT molecular complexity index is 1140. The van der Waals surface area contributed by atoms with E-state index < -0.39 is 11.4 Å². The summed E-state index contributed by atoms with van der Waals surface area (Å²) in [4.78, 5) is 42.4. The Kier molecular flexibility index (Phi) is 5.54. The van der Waals surface area contributed by atoms with Crippen molar-refractivity contribution in [2.45, 2.75) is 44.2 Å². The zero-order valence-corrected chi connectivity index (χ0v) is 19.3. The van der Waals surface area contributed by atoms with E-state index in [4.69, 9.17) is 4.74 Å². The Morgan fingerprint density at radius 1 is 1.09 bits per heavy atom. The predicted octanol–water partition coefficient (Wildman–Crippen LogP) is 3.16. The summed E-state index contributed by atoms with van der Waals surface area (Å²) in [5.74, 6) is -1.01. The number of hydrogen-bond donors (Lipinski definition) is 1. The van der Waals surface area contributed by atoms with Crippen molar-refractivity contribution in [3.05, 3.63) is 65.0 Å². The molecule has 2 heterocycles. The zero-order chi connectivity index (χ0) is 24.0. The molecule has 2 saturated heterocycles. The topological polar surface area (TPSA) is 79.0 Å². The molecule has 8 heteroatoms. The molecule has 1 atom stereocenters.